The average molecular weight is 257 g/mol. The predicted molar refractivity (Wildman–Crippen MR) is 58.7 cm³/mol. The van der Waals surface area contributed by atoms with Gasteiger partial charge < -0.3 is 9.84 Å². The minimum Gasteiger partial charge on any atom is -0.496 e. The van der Waals surface area contributed by atoms with Crippen LogP contribution in [0.15, 0.2) is 22.7 Å². The van der Waals surface area contributed by atoms with Gasteiger partial charge in [-0.25, -0.2) is 0 Å². The molecule has 0 bridgehead atoms. The molecule has 1 aromatic carbocycles. The number of benzene rings is 1. The Hall–Kier alpha value is -0.540. The minimum absolute atomic E-state index is 0.190. The van der Waals surface area contributed by atoms with Gasteiger partial charge in [-0.05, 0) is 30.5 Å². The van der Waals surface area contributed by atoms with Crippen LogP contribution in [0, 0.1) is 0 Å². The number of hydrogen-bond acceptors (Lipinski definition) is 2. The summed E-state index contributed by atoms with van der Waals surface area (Å²) >= 11 is 3.40. The van der Waals surface area contributed by atoms with Gasteiger partial charge in [-0.3, -0.25) is 0 Å². The molecule has 2 rings (SSSR count). The van der Waals surface area contributed by atoms with Crippen molar-refractivity contribution in [1.29, 1.82) is 0 Å². The molecular weight excluding hydrogens is 244 g/mol. The monoisotopic (exact) mass is 256 g/mol. The van der Waals surface area contributed by atoms with Crippen molar-refractivity contribution in [3.8, 4) is 5.75 Å². The second kappa shape index (κ2) is 3.91. The topological polar surface area (TPSA) is 29.5 Å². The van der Waals surface area contributed by atoms with Gasteiger partial charge in [0.2, 0.25) is 0 Å². The number of rotatable bonds is 2. The van der Waals surface area contributed by atoms with Crippen LogP contribution in [0.2, 0.25) is 0 Å². The van der Waals surface area contributed by atoms with E-state index < -0.39 is 0 Å². The molecule has 0 spiro atoms. The van der Waals surface area contributed by atoms with Gasteiger partial charge in [0.1, 0.15) is 5.75 Å². The first kappa shape index (κ1) is 9.99. The lowest BCUT2D eigenvalue weighted by Crippen LogP contribution is -2.29. The first-order valence-corrected chi connectivity index (χ1v) is 5.53. The van der Waals surface area contributed by atoms with Crippen molar-refractivity contribution in [1.82, 2.24) is 0 Å². The Labute approximate surface area is 92.0 Å². The van der Waals surface area contributed by atoms with Crippen LogP contribution in [0.25, 0.3) is 0 Å². The van der Waals surface area contributed by atoms with Crippen molar-refractivity contribution in [2.75, 3.05) is 7.11 Å². The van der Waals surface area contributed by atoms with E-state index in [1.807, 2.05) is 18.2 Å². The molecule has 2 atom stereocenters. The molecule has 3 heteroatoms. The van der Waals surface area contributed by atoms with Gasteiger partial charge in [0.25, 0.3) is 0 Å². The molecule has 1 aliphatic rings. The van der Waals surface area contributed by atoms with Crippen LogP contribution in [0.3, 0.4) is 0 Å². The SMILES string of the molecule is COc1cc(Br)ccc1[C@H]1CC[C@@H]1O. The summed E-state index contributed by atoms with van der Waals surface area (Å²) < 4.78 is 6.30. The van der Waals surface area contributed by atoms with Gasteiger partial charge in [0, 0.05) is 10.4 Å². The molecule has 0 heterocycles. The quantitative estimate of drug-likeness (QED) is 0.882. The first-order valence-electron chi connectivity index (χ1n) is 4.74. The predicted octanol–water partition coefficient (Wildman–Crippen LogP) is 2.70. The van der Waals surface area contributed by atoms with Gasteiger partial charge in [-0.15, -0.1) is 0 Å². The van der Waals surface area contributed by atoms with E-state index in [4.69, 9.17) is 4.74 Å². The normalized spacial score (nSPS) is 25.6. The smallest absolute Gasteiger partial charge is 0.123 e. The fraction of sp³-hybridized carbons (Fsp3) is 0.455. The Balaban J connectivity index is 2.32. The van der Waals surface area contributed by atoms with Crippen molar-refractivity contribution in [3.63, 3.8) is 0 Å². The highest BCUT2D eigenvalue weighted by Gasteiger charge is 2.32. The fourth-order valence-corrected chi connectivity index (χ4v) is 2.18. The molecule has 1 fully saturated rings. The molecule has 1 N–H and O–H groups in total. The lowest BCUT2D eigenvalue weighted by atomic mass is 9.77. The van der Waals surface area contributed by atoms with Gasteiger partial charge >= 0.3 is 0 Å². The Kier molecular flexibility index (Phi) is 2.79. The van der Waals surface area contributed by atoms with Crippen LogP contribution >= 0.6 is 15.9 Å². The standard InChI is InChI=1S/C11H13BrO2/c1-14-11-6-7(12)2-3-9(11)8-4-5-10(8)13/h2-3,6,8,10,13H,4-5H2,1H3/t8-,10+/m1/s1. The highest BCUT2D eigenvalue weighted by atomic mass is 79.9. The Morgan fingerprint density at radius 3 is 2.71 bits per heavy atom. The maximum Gasteiger partial charge on any atom is 0.123 e. The molecular formula is C11H13BrO2. The molecule has 1 aliphatic carbocycles. The molecule has 2 nitrogen and oxygen atoms in total. The first-order chi connectivity index (χ1) is 6.72. The van der Waals surface area contributed by atoms with E-state index in [2.05, 4.69) is 15.9 Å². The molecule has 14 heavy (non-hydrogen) atoms. The summed E-state index contributed by atoms with van der Waals surface area (Å²) in [5, 5.41) is 9.58. The van der Waals surface area contributed by atoms with E-state index in [1.54, 1.807) is 7.11 Å². The van der Waals surface area contributed by atoms with E-state index in [0.717, 1.165) is 28.6 Å². The summed E-state index contributed by atoms with van der Waals surface area (Å²) in [7, 11) is 1.66. The molecule has 0 saturated heterocycles. The van der Waals surface area contributed by atoms with Crippen molar-refractivity contribution in [2.24, 2.45) is 0 Å². The average Bonchev–Trinajstić information content (AvgIpc) is 2.18. The number of ether oxygens (including phenoxy) is 1. The third-order valence-electron chi connectivity index (χ3n) is 2.83. The van der Waals surface area contributed by atoms with Crippen molar-refractivity contribution in [2.45, 2.75) is 24.9 Å². The van der Waals surface area contributed by atoms with Gasteiger partial charge in [0.05, 0.1) is 13.2 Å². The van der Waals surface area contributed by atoms with Crippen molar-refractivity contribution >= 4 is 15.9 Å². The zero-order chi connectivity index (χ0) is 10.1. The Bertz CT molecular complexity index is 338. The summed E-state index contributed by atoms with van der Waals surface area (Å²) in [5.74, 6) is 1.13. The third-order valence-corrected chi connectivity index (χ3v) is 3.33. The summed E-state index contributed by atoms with van der Waals surface area (Å²) in [6.07, 6.45) is 1.77. The van der Waals surface area contributed by atoms with Crippen molar-refractivity contribution < 1.29 is 9.84 Å². The Morgan fingerprint density at radius 1 is 1.43 bits per heavy atom. The van der Waals surface area contributed by atoms with E-state index >= 15 is 0 Å². The van der Waals surface area contributed by atoms with Crippen LogP contribution < -0.4 is 4.74 Å². The fourth-order valence-electron chi connectivity index (χ4n) is 1.84. The van der Waals surface area contributed by atoms with Gasteiger partial charge in [-0.2, -0.15) is 0 Å². The lowest BCUT2D eigenvalue weighted by Gasteiger charge is -2.33. The molecule has 1 saturated carbocycles. The maximum atomic E-state index is 9.58. The van der Waals surface area contributed by atoms with E-state index in [1.165, 1.54) is 0 Å². The summed E-state index contributed by atoms with van der Waals surface area (Å²) in [4.78, 5) is 0. The molecule has 0 radical (unpaired) electrons. The number of methoxy groups -OCH3 is 1. The van der Waals surface area contributed by atoms with E-state index in [9.17, 15) is 5.11 Å². The lowest BCUT2D eigenvalue weighted by molar-refractivity contribution is 0.0649. The molecule has 0 amide bonds. The summed E-state index contributed by atoms with van der Waals surface area (Å²) in [5.41, 5.74) is 1.12. The van der Waals surface area contributed by atoms with Crippen LogP contribution in [0.4, 0.5) is 0 Å². The van der Waals surface area contributed by atoms with Gasteiger partial charge in [0.15, 0.2) is 0 Å². The summed E-state index contributed by atoms with van der Waals surface area (Å²) in [6, 6.07) is 5.96. The molecule has 0 aliphatic heterocycles. The van der Waals surface area contributed by atoms with Gasteiger partial charge in [-0.1, -0.05) is 22.0 Å². The van der Waals surface area contributed by atoms with Crippen LogP contribution in [-0.2, 0) is 0 Å². The zero-order valence-electron chi connectivity index (χ0n) is 8.03. The van der Waals surface area contributed by atoms with E-state index in [-0.39, 0.29) is 12.0 Å². The van der Waals surface area contributed by atoms with E-state index in [0.29, 0.717) is 0 Å². The van der Waals surface area contributed by atoms with Crippen LogP contribution in [0.1, 0.15) is 24.3 Å². The molecule has 0 aromatic heterocycles. The second-order valence-corrected chi connectivity index (χ2v) is 4.55. The number of aliphatic hydroxyl groups is 1. The highest BCUT2D eigenvalue weighted by molar-refractivity contribution is 9.10. The zero-order valence-corrected chi connectivity index (χ0v) is 9.62. The largest absolute Gasteiger partial charge is 0.496 e. The number of aliphatic hydroxyl groups excluding tert-OH is 1. The maximum absolute atomic E-state index is 9.58. The minimum atomic E-state index is -0.190. The number of halogens is 1. The molecule has 76 valence electrons. The molecule has 0 unspecified atom stereocenters. The Morgan fingerprint density at radius 2 is 2.21 bits per heavy atom. The second-order valence-electron chi connectivity index (χ2n) is 3.64. The van der Waals surface area contributed by atoms with Crippen LogP contribution in [0.5, 0.6) is 5.75 Å². The van der Waals surface area contributed by atoms with Crippen molar-refractivity contribution in [3.05, 3.63) is 28.2 Å². The van der Waals surface area contributed by atoms with Crippen LogP contribution in [-0.4, -0.2) is 18.3 Å². The number of hydrogen-bond donors (Lipinski definition) is 1. The molecule has 1 aromatic rings. The highest BCUT2D eigenvalue weighted by Crippen LogP contribution is 2.41. The summed E-state index contributed by atoms with van der Waals surface area (Å²) in [6.45, 7) is 0. The third kappa shape index (κ3) is 1.66.